The zero-order valence-electron chi connectivity index (χ0n) is 15.1. The van der Waals surface area contributed by atoms with Crippen molar-refractivity contribution in [2.24, 2.45) is 0 Å². The molecule has 0 aliphatic heterocycles. The summed E-state index contributed by atoms with van der Waals surface area (Å²) in [5.74, 6) is 0. The van der Waals surface area contributed by atoms with Crippen LogP contribution >= 0.6 is 0 Å². The van der Waals surface area contributed by atoms with Gasteiger partial charge in [0.1, 0.15) is 0 Å². The minimum atomic E-state index is -0.0619. The van der Waals surface area contributed by atoms with Gasteiger partial charge in [0, 0.05) is 8.80 Å². The molecule has 0 unspecified atom stereocenters. The largest absolute Gasteiger partial charge is 0.0711 e. The smallest absolute Gasteiger partial charge is 0.0446 e. The molecule has 21 heavy (non-hydrogen) atoms. The first-order chi connectivity index (χ1) is 10.3. The fourth-order valence-electron chi connectivity index (χ4n) is 3.80. The highest BCUT2D eigenvalue weighted by Crippen LogP contribution is 2.27. The van der Waals surface area contributed by atoms with Crippen molar-refractivity contribution in [3.05, 3.63) is 0 Å². The predicted octanol–water partition coefficient (Wildman–Crippen LogP) is 7.76. The third-order valence-electron chi connectivity index (χ3n) is 5.42. The molecular weight excluding hydrogens is 268 g/mol. The van der Waals surface area contributed by atoms with Crippen LogP contribution in [0.15, 0.2) is 0 Å². The summed E-state index contributed by atoms with van der Waals surface area (Å²) < 4.78 is 0. The van der Waals surface area contributed by atoms with E-state index in [9.17, 15) is 0 Å². The molecule has 1 radical (unpaired) electrons. The molecule has 0 amide bonds. The summed E-state index contributed by atoms with van der Waals surface area (Å²) in [7, 11) is -0.0619. The van der Waals surface area contributed by atoms with Gasteiger partial charge in [-0.05, 0) is 5.54 Å². The molecule has 0 heterocycles. The van der Waals surface area contributed by atoms with Crippen LogP contribution < -0.4 is 0 Å². The zero-order valence-corrected chi connectivity index (χ0v) is 16.1. The van der Waals surface area contributed by atoms with Crippen LogP contribution in [0, 0.1) is 0 Å². The number of hydrogen-bond acceptors (Lipinski definition) is 0. The zero-order chi connectivity index (χ0) is 15.2. The van der Waals surface area contributed by atoms with Crippen molar-refractivity contribution in [3.63, 3.8) is 0 Å². The normalized spacial score (nSPS) is 23.6. The summed E-state index contributed by atoms with van der Waals surface area (Å²) in [6, 6.07) is 0. The molecule has 0 aromatic rings. The quantitative estimate of drug-likeness (QED) is 0.434. The van der Waals surface area contributed by atoms with Gasteiger partial charge in [-0.15, -0.1) is 0 Å². The van der Waals surface area contributed by atoms with Crippen LogP contribution in [0.1, 0.15) is 109 Å². The van der Waals surface area contributed by atoms with E-state index in [1.54, 1.807) is 12.8 Å². The SMILES string of the molecule is C[Si](C)C1CCCCCCCCCCCCCCCCC1. The Kier molecular flexibility index (Phi) is 12.7. The van der Waals surface area contributed by atoms with E-state index in [2.05, 4.69) is 13.1 Å². The monoisotopic (exact) mass is 309 g/mol. The molecule has 0 aromatic carbocycles. The molecule has 0 N–H and O–H groups in total. The second-order valence-corrected chi connectivity index (χ2v) is 10.6. The lowest BCUT2D eigenvalue weighted by molar-refractivity contribution is 0.502. The summed E-state index contributed by atoms with van der Waals surface area (Å²) >= 11 is 0. The molecule has 0 bridgehead atoms. The third-order valence-corrected chi connectivity index (χ3v) is 7.63. The van der Waals surface area contributed by atoms with E-state index >= 15 is 0 Å². The van der Waals surface area contributed by atoms with Crippen LogP contribution in [0.5, 0.6) is 0 Å². The summed E-state index contributed by atoms with van der Waals surface area (Å²) in [6.45, 7) is 5.09. The van der Waals surface area contributed by atoms with E-state index in [-0.39, 0.29) is 8.80 Å². The highest BCUT2D eigenvalue weighted by molar-refractivity contribution is 6.57. The van der Waals surface area contributed by atoms with Crippen LogP contribution in [-0.4, -0.2) is 8.80 Å². The molecule has 0 nitrogen and oxygen atoms in total. The molecule has 1 aliphatic rings. The Hall–Kier alpha value is 0.217. The van der Waals surface area contributed by atoms with Gasteiger partial charge in [-0.1, -0.05) is 122 Å². The minimum absolute atomic E-state index is 0.0619. The van der Waals surface area contributed by atoms with Gasteiger partial charge in [-0.3, -0.25) is 0 Å². The van der Waals surface area contributed by atoms with Crippen LogP contribution in [0.2, 0.25) is 18.6 Å². The first-order valence-corrected chi connectivity index (χ1v) is 12.7. The molecule has 1 aliphatic carbocycles. The first-order valence-electron chi connectivity index (χ1n) is 10.1. The van der Waals surface area contributed by atoms with Crippen molar-refractivity contribution in [2.75, 3.05) is 0 Å². The third kappa shape index (κ3) is 11.4. The van der Waals surface area contributed by atoms with Crippen molar-refractivity contribution < 1.29 is 0 Å². The van der Waals surface area contributed by atoms with E-state index in [1.807, 2.05) is 0 Å². The maximum Gasteiger partial charge on any atom is 0.0446 e. The highest BCUT2D eigenvalue weighted by atomic mass is 28.3. The Balaban J connectivity index is 2.21. The van der Waals surface area contributed by atoms with Gasteiger partial charge in [-0.25, -0.2) is 0 Å². The maximum absolute atomic E-state index is 2.54. The topological polar surface area (TPSA) is 0 Å². The number of rotatable bonds is 1. The van der Waals surface area contributed by atoms with Gasteiger partial charge in [0.05, 0.1) is 0 Å². The molecule has 1 rings (SSSR count). The van der Waals surface area contributed by atoms with E-state index < -0.39 is 0 Å². The van der Waals surface area contributed by atoms with Crippen LogP contribution in [0.3, 0.4) is 0 Å². The van der Waals surface area contributed by atoms with E-state index in [1.165, 1.54) is 96.3 Å². The minimum Gasteiger partial charge on any atom is -0.0711 e. The molecule has 1 fully saturated rings. The lowest BCUT2D eigenvalue weighted by Gasteiger charge is -2.19. The summed E-state index contributed by atoms with van der Waals surface area (Å²) in [4.78, 5) is 0. The molecule has 125 valence electrons. The lowest BCUT2D eigenvalue weighted by atomic mass is 10.0. The summed E-state index contributed by atoms with van der Waals surface area (Å²) in [5, 5.41) is 0. The predicted molar refractivity (Wildman–Crippen MR) is 99.7 cm³/mol. The Bertz CT molecular complexity index is 194. The van der Waals surface area contributed by atoms with E-state index in [0.717, 1.165) is 5.54 Å². The van der Waals surface area contributed by atoms with Crippen molar-refractivity contribution >= 4 is 8.80 Å². The average Bonchev–Trinajstić information content (AvgIpc) is 2.47. The van der Waals surface area contributed by atoms with Gasteiger partial charge in [0.2, 0.25) is 0 Å². The Morgan fingerprint density at radius 3 is 0.905 bits per heavy atom. The molecule has 0 spiro atoms. The molecular formula is C20H41Si. The first kappa shape index (κ1) is 19.3. The molecule has 1 heteroatoms. The van der Waals surface area contributed by atoms with Crippen LogP contribution in [0.4, 0.5) is 0 Å². The Labute approximate surface area is 137 Å². The maximum atomic E-state index is 2.54. The van der Waals surface area contributed by atoms with Crippen LogP contribution in [-0.2, 0) is 0 Å². The van der Waals surface area contributed by atoms with Crippen LogP contribution in [0.25, 0.3) is 0 Å². The van der Waals surface area contributed by atoms with Crippen molar-refractivity contribution in [1.82, 2.24) is 0 Å². The molecule has 0 aromatic heterocycles. The number of hydrogen-bond donors (Lipinski definition) is 0. The second-order valence-electron chi connectivity index (χ2n) is 7.65. The summed E-state index contributed by atoms with van der Waals surface area (Å²) in [5.41, 5.74) is 1.11. The van der Waals surface area contributed by atoms with Gasteiger partial charge in [0.15, 0.2) is 0 Å². The Morgan fingerprint density at radius 1 is 0.429 bits per heavy atom. The Morgan fingerprint density at radius 2 is 0.667 bits per heavy atom. The van der Waals surface area contributed by atoms with Gasteiger partial charge in [-0.2, -0.15) is 0 Å². The van der Waals surface area contributed by atoms with Gasteiger partial charge in [0.25, 0.3) is 0 Å². The van der Waals surface area contributed by atoms with Crippen molar-refractivity contribution in [1.29, 1.82) is 0 Å². The lowest BCUT2D eigenvalue weighted by Crippen LogP contribution is -2.12. The standard InChI is InChI=1S/C20H41Si/c1-21(2)20-18-16-14-12-10-8-6-4-3-5-7-9-11-13-15-17-19-20/h20H,3-19H2,1-2H3. The highest BCUT2D eigenvalue weighted by Gasteiger charge is 2.13. The summed E-state index contributed by atoms with van der Waals surface area (Å²) in [6.07, 6.45) is 25.6. The van der Waals surface area contributed by atoms with Crippen molar-refractivity contribution in [3.8, 4) is 0 Å². The molecule has 0 atom stereocenters. The average molecular weight is 310 g/mol. The van der Waals surface area contributed by atoms with E-state index in [4.69, 9.17) is 0 Å². The van der Waals surface area contributed by atoms with Gasteiger partial charge >= 0.3 is 0 Å². The fourth-order valence-corrected chi connectivity index (χ4v) is 5.36. The van der Waals surface area contributed by atoms with Gasteiger partial charge < -0.3 is 0 Å². The second kappa shape index (κ2) is 13.9. The molecule has 1 saturated carbocycles. The van der Waals surface area contributed by atoms with E-state index in [0.29, 0.717) is 0 Å². The fraction of sp³-hybridized carbons (Fsp3) is 1.00. The molecule has 0 saturated heterocycles. The van der Waals surface area contributed by atoms with Crippen molar-refractivity contribution in [2.45, 2.75) is 128 Å².